The third-order valence-corrected chi connectivity index (χ3v) is 3.31. The van der Waals surface area contributed by atoms with Gasteiger partial charge in [-0.25, -0.2) is 4.79 Å². The van der Waals surface area contributed by atoms with Crippen molar-refractivity contribution in [3.8, 4) is 0 Å². The summed E-state index contributed by atoms with van der Waals surface area (Å²) in [6.45, 7) is 5.44. The minimum absolute atomic E-state index is 0.299. The number of benzene rings is 1. The molecular weight excluding hydrogens is 258 g/mol. The molecule has 0 spiro atoms. The SMILES string of the molecule is CCN(C(=O)c1ccccc1COC)C(C)(C)C(=O)O. The Kier molecular flexibility index (Phi) is 5.27. The van der Waals surface area contributed by atoms with Gasteiger partial charge in [-0.15, -0.1) is 0 Å². The van der Waals surface area contributed by atoms with Crippen molar-refractivity contribution in [2.24, 2.45) is 0 Å². The van der Waals surface area contributed by atoms with E-state index in [9.17, 15) is 14.7 Å². The first kappa shape index (κ1) is 16.2. The zero-order valence-electron chi connectivity index (χ0n) is 12.3. The molecule has 5 heteroatoms. The molecule has 0 unspecified atom stereocenters. The van der Waals surface area contributed by atoms with E-state index in [-0.39, 0.29) is 5.91 Å². The molecule has 0 aromatic heterocycles. The Labute approximate surface area is 119 Å². The summed E-state index contributed by atoms with van der Waals surface area (Å²) in [4.78, 5) is 25.3. The Bertz CT molecular complexity index is 496. The van der Waals surface area contributed by atoms with Gasteiger partial charge in [-0.1, -0.05) is 18.2 Å². The molecule has 0 aliphatic carbocycles. The van der Waals surface area contributed by atoms with Gasteiger partial charge in [0.05, 0.1) is 6.61 Å². The van der Waals surface area contributed by atoms with Crippen molar-refractivity contribution in [3.05, 3.63) is 35.4 Å². The average molecular weight is 279 g/mol. The van der Waals surface area contributed by atoms with E-state index in [0.29, 0.717) is 18.7 Å². The van der Waals surface area contributed by atoms with E-state index in [0.717, 1.165) is 5.56 Å². The molecule has 0 atom stereocenters. The molecule has 20 heavy (non-hydrogen) atoms. The lowest BCUT2D eigenvalue weighted by molar-refractivity contribution is -0.147. The van der Waals surface area contributed by atoms with Gasteiger partial charge in [0, 0.05) is 19.2 Å². The Hall–Kier alpha value is -1.88. The molecule has 0 bridgehead atoms. The van der Waals surface area contributed by atoms with Crippen molar-refractivity contribution < 1.29 is 19.4 Å². The average Bonchev–Trinajstić information content (AvgIpc) is 2.40. The van der Waals surface area contributed by atoms with E-state index in [1.54, 1.807) is 32.2 Å². The zero-order chi connectivity index (χ0) is 15.3. The Morgan fingerprint density at radius 3 is 2.40 bits per heavy atom. The van der Waals surface area contributed by atoms with Crippen LogP contribution in [0.1, 0.15) is 36.7 Å². The van der Waals surface area contributed by atoms with Crippen molar-refractivity contribution >= 4 is 11.9 Å². The number of carbonyl (C=O) groups excluding carboxylic acids is 1. The molecular formula is C15H21NO4. The largest absolute Gasteiger partial charge is 0.480 e. The van der Waals surface area contributed by atoms with Crippen LogP contribution in [0.4, 0.5) is 0 Å². The zero-order valence-corrected chi connectivity index (χ0v) is 12.3. The van der Waals surface area contributed by atoms with Gasteiger partial charge in [-0.05, 0) is 32.4 Å². The molecule has 0 aliphatic heterocycles. The number of carboxylic acids is 1. The van der Waals surface area contributed by atoms with Gasteiger partial charge < -0.3 is 14.7 Å². The minimum Gasteiger partial charge on any atom is -0.480 e. The normalized spacial score (nSPS) is 11.2. The number of ether oxygens (including phenoxy) is 1. The lowest BCUT2D eigenvalue weighted by atomic mass is 9.99. The summed E-state index contributed by atoms with van der Waals surface area (Å²) >= 11 is 0. The third kappa shape index (κ3) is 3.17. The molecule has 1 aromatic rings. The highest BCUT2D eigenvalue weighted by Crippen LogP contribution is 2.20. The van der Waals surface area contributed by atoms with Gasteiger partial charge in [0.1, 0.15) is 5.54 Å². The third-order valence-electron chi connectivity index (χ3n) is 3.31. The van der Waals surface area contributed by atoms with Gasteiger partial charge in [0.25, 0.3) is 5.91 Å². The highest BCUT2D eigenvalue weighted by molar-refractivity contribution is 5.98. The van der Waals surface area contributed by atoms with Crippen molar-refractivity contribution in [3.63, 3.8) is 0 Å². The Morgan fingerprint density at radius 2 is 1.90 bits per heavy atom. The molecule has 0 aliphatic rings. The second-order valence-electron chi connectivity index (χ2n) is 5.00. The predicted octanol–water partition coefficient (Wildman–Crippen LogP) is 2.16. The van der Waals surface area contributed by atoms with Crippen LogP contribution in [-0.4, -0.2) is 41.1 Å². The number of carbonyl (C=O) groups is 2. The number of nitrogens with zero attached hydrogens (tertiary/aromatic N) is 1. The van der Waals surface area contributed by atoms with Crippen LogP contribution < -0.4 is 0 Å². The van der Waals surface area contributed by atoms with Crippen molar-refractivity contribution in [1.82, 2.24) is 4.90 Å². The summed E-state index contributed by atoms with van der Waals surface area (Å²) in [7, 11) is 1.56. The molecule has 0 saturated carbocycles. The first-order valence-electron chi connectivity index (χ1n) is 6.48. The summed E-state index contributed by atoms with van der Waals surface area (Å²) in [5.74, 6) is -1.33. The van der Waals surface area contributed by atoms with Crippen molar-refractivity contribution in [2.75, 3.05) is 13.7 Å². The van der Waals surface area contributed by atoms with Gasteiger partial charge in [-0.3, -0.25) is 4.79 Å². The summed E-state index contributed by atoms with van der Waals surface area (Å²) < 4.78 is 5.08. The fraction of sp³-hybridized carbons (Fsp3) is 0.467. The molecule has 1 N–H and O–H groups in total. The molecule has 1 rings (SSSR count). The maximum Gasteiger partial charge on any atom is 0.329 e. The molecule has 0 heterocycles. The minimum atomic E-state index is -1.26. The van der Waals surface area contributed by atoms with E-state index in [1.165, 1.54) is 18.7 Å². The highest BCUT2D eigenvalue weighted by Gasteiger charge is 2.37. The second-order valence-corrected chi connectivity index (χ2v) is 5.00. The number of hydrogen-bond donors (Lipinski definition) is 1. The van der Waals surface area contributed by atoms with Crippen LogP contribution in [0.5, 0.6) is 0 Å². The summed E-state index contributed by atoms with van der Waals surface area (Å²) in [6, 6.07) is 7.08. The van der Waals surface area contributed by atoms with Crippen LogP contribution in [0.3, 0.4) is 0 Å². The number of amides is 1. The van der Waals surface area contributed by atoms with E-state index >= 15 is 0 Å². The summed E-state index contributed by atoms with van der Waals surface area (Å²) in [5, 5.41) is 9.29. The number of likely N-dealkylation sites (N-methyl/N-ethyl adjacent to an activating group) is 1. The van der Waals surface area contributed by atoms with Gasteiger partial charge in [0.15, 0.2) is 0 Å². The van der Waals surface area contributed by atoms with E-state index in [2.05, 4.69) is 0 Å². The monoisotopic (exact) mass is 279 g/mol. The second kappa shape index (κ2) is 6.52. The topological polar surface area (TPSA) is 66.8 Å². The number of hydrogen-bond acceptors (Lipinski definition) is 3. The van der Waals surface area contributed by atoms with Crippen LogP contribution in [-0.2, 0) is 16.1 Å². The lowest BCUT2D eigenvalue weighted by Crippen LogP contribution is -2.53. The Balaban J connectivity index is 3.19. The van der Waals surface area contributed by atoms with Gasteiger partial charge in [0.2, 0.25) is 0 Å². The standard InChI is InChI=1S/C15H21NO4/c1-5-16(15(2,3)14(18)19)13(17)12-9-7-6-8-11(12)10-20-4/h6-9H,5,10H2,1-4H3,(H,18,19). The highest BCUT2D eigenvalue weighted by atomic mass is 16.5. The van der Waals surface area contributed by atoms with Gasteiger partial charge in [-0.2, -0.15) is 0 Å². The fourth-order valence-corrected chi connectivity index (χ4v) is 2.06. The number of aliphatic carboxylic acids is 1. The summed E-state index contributed by atoms with van der Waals surface area (Å²) in [6.07, 6.45) is 0. The van der Waals surface area contributed by atoms with Crippen LogP contribution in [0.15, 0.2) is 24.3 Å². The number of carboxylic acid groups (broad SMARTS) is 1. The van der Waals surface area contributed by atoms with E-state index in [4.69, 9.17) is 4.74 Å². The summed E-state index contributed by atoms with van der Waals surface area (Å²) in [5.41, 5.74) is -0.0309. The molecule has 0 radical (unpaired) electrons. The lowest BCUT2D eigenvalue weighted by Gasteiger charge is -2.34. The Morgan fingerprint density at radius 1 is 1.30 bits per heavy atom. The molecule has 1 aromatic carbocycles. The number of methoxy groups -OCH3 is 1. The van der Waals surface area contributed by atoms with E-state index < -0.39 is 11.5 Å². The predicted molar refractivity (Wildman–Crippen MR) is 75.6 cm³/mol. The van der Waals surface area contributed by atoms with Crippen LogP contribution in [0.25, 0.3) is 0 Å². The first-order chi connectivity index (χ1) is 9.36. The maximum atomic E-state index is 12.6. The molecule has 110 valence electrons. The van der Waals surface area contributed by atoms with Crippen molar-refractivity contribution in [2.45, 2.75) is 32.9 Å². The van der Waals surface area contributed by atoms with Crippen molar-refractivity contribution in [1.29, 1.82) is 0 Å². The quantitative estimate of drug-likeness (QED) is 0.866. The van der Waals surface area contributed by atoms with Crippen LogP contribution >= 0.6 is 0 Å². The molecule has 0 saturated heterocycles. The first-order valence-corrected chi connectivity index (χ1v) is 6.48. The van der Waals surface area contributed by atoms with Crippen LogP contribution in [0.2, 0.25) is 0 Å². The smallest absolute Gasteiger partial charge is 0.329 e. The maximum absolute atomic E-state index is 12.6. The fourth-order valence-electron chi connectivity index (χ4n) is 2.06. The molecule has 0 fully saturated rings. The van der Waals surface area contributed by atoms with Gasteiger partial charge >= 0.3 is 5.97 Å². The molecule has 1 amide bonds. The van der Waals surface area contributed by atoms with Crippen LogP contribution in [0, 0.1) is 0 Å². The number of rotatable bonds is 6. The molecule has 5 nitrogen and oxygen atoms in total. The van der Waals surface area contributed by atoms with E-state index in [1.807, 2.05) is 6.07 Å².